The van der Waals surface area contributed by atoms with Gasteiger partial charge in [-0.3, -0.25) is 5.32 Å². The van der Waals surface area contributed by atoms with E-state index in [-0.39, 0.29) is 18.6 Å². The maximum Gasteiger partial charge on any atom is 0.411 e. The first-order chi connectivity index (χ1) is 9.40. The molecule has 0 atom stereocenters. The lowest BCUT2D eigenvalue weighted by Gasteiger charge is -2.13. The van der Waals surface area contributed by atoms with Crippen LogP contribution in [0.4, 0.5) is 10.5 Å². The summed E-state index contributed by atoms with van der Waals surface area (Å²) < 4.78 is 4.74. The molecule has 0 aliphatic rings. The van der Waals surface area contributed by atoms with Crippen LogP contribution in [0.25, 0.3) is 11.0 Å². The van der Waals surface area contributed by atoms with Gasteiger partial charge in [0.25, 0.3) is 0 Å². The third-order valence-corrected chi connectivity index (χ3v) is 2.76. The molecule has 0 saturated carbocycles. The molecule has 20 heavy (non-hydrogen) atoms. The second kappa shape index (κ2) is 5.50. The van der Waals surface area contributed by atoms with Crippen molar-refractivity contribution in [2.24, 2.45) is 0 Å². The Morgan fingerprint density at radius 3 is 2.85 bits per heavy atom. The van der Waals surface area contributed by atoms with Gasteiger partial charge in [-0.15, -0.1) is 0 Å². The van der Waals surface area contributed by atoms with E-state index in [1.165, 1.54) is 0 Å². The molecule has 108 valence electrons. The number of nitrogens with one attached hydrogen (secondary N) is 2. The maximum atomic E-state index is 11.4. The van der Waals surface area contributed by atoms with Gasteiger partial charge in [0, 0.05) is 11.1 Å². The molecule has 0 unspecified atom stereocenters. The van der Waals surface area contributed by atoms with E-state index in [4.69, 9.17) is 9.84 Å². The second-order valence-corrected chi connectivity index (χ2v) is 5.55. The lowest BCUT2D eigenvalue weighted by atomic mass is 9.96. The Labute approximate surface area is 117 Å². The fourth-order valence-corrected chi connectivity index (χ4v) is 1.73. The van der Waals surface area contributed by atoms with Crippen LogP contribution in [0.3, 0.4) is 0 Å². The minimum absolute atomic E-state index is 0.0215. The average Bonchev–Trinajstić information content (AvgIpc) is 2.79. The highest BCUT2D eigenvalue weighted by Gasteiger charge is 2.18. The van der Waals surface area contributed by atoms with Crippen LogP contribution in [0, 0.1) is 0 Å². The predicted molar refractivity (Wildman–Crippen MR) is 76.9 cm³/mol. The molecule has 0 aliphatic carbocycles. The van der Waals surface area contributed by atoms with Crippen molar-refractivity contribution in [1.29, 1.82) is 0 Å². The summed E-state index contributed by atoms with van der Waals surface area (Å²) in [7, 11) is 0. The maximum absolute atomic E-state index is 11.4. The number of carbonyl (C=O) groups excluding carboxylic acids is 1. The van der Waals surface area contributed by atoms with Gasteiger partial charge in [0.15, 0.2) is 0 Å². The topological polar surface area (TPSA) is 87.2 Å². The molecule has 0 radical (unpaired) electrons. The fraction of sp³-hybridized carbons (Fsp3) is 0.429. The number of hydrogen-bond acceptors (Lipinski definition) is 4. The SMILES string of the molecule is CC(C)(C)c1nc2ccc(NC(=O)OCCO)cc2[nH]1. The number of amides is 1. The van der Waals surface area contributed by atoms with E-state index in [1.54, 1.807) is 12.1 Å². The molecule has 0 bridgehead atoms. The molecule has 2 rings (SSSR count). The zero-order chi connectivity index (χ0) is 14.8. The molecule has 6 nitrogen and oxygen atoms in total. The van der Waals surface area contributed by atoms with Crippen molar-refractivity contribution >= 4 is 22.8 Å². The predicted octanol–water partition coefficient (Wildman–Crippen LogP) is 2.40. The second-order valence-electron chi connectivity index (χ2n) is 5.55. The highest BCUT2D eigenvalue weighted by molar-refractivity contribution is 5.88. The van der Waals surface area contributed by atoms with Gasteiger partial charge in [0.1, 0.15) is 12.4 Å². The number of fused-ring (bicyclic) bond motifs is 1. The van der Waals surface area contributed by atoms with Crippen LogP contribution in [0.1, 0.15) is 26.6 Å². The number of aromatic nitrogens is 2. The lowest BCUT2D eigenvalue weighted by Crippen LogP contribution is -2.15. The van der Waals surface area contributed by atoms with Crippen molar-refractivity contribution in [3.05, 3.63) is 24.0 Å². The number of hydrogen-bond donors (Lipinski definition) is 3. The largest absolute Gasteiger partial charge is 0.447 e. The number of ether oxygens (including phenoxy) is 1. The Morgan fingerprint density at radius 2 is 2.20 bits per heavy atom. The molecule has 3 N–H and O–H groups in total. The third kappa shape index (κ3) is 3.27. The summed E-state index contributed by atoms with van der Waals surface area (Å²) >= 11 is 0. The number of aliphatic hydroxyl groups excluding tert-OH is 1. The summed E-state index contributed by atoms with van der Waals surface area (Å²) in [6.45, 7) is 6.02. The van der Waals surface area contributed by atoms with Crippen LogP contribution in [0.15, 0.2) is 18.2 Å². The summed E-state index contributed by atoms with van der Waals surface area (Å²) in [5.74, 6) is 0.896. The third-order valence-electron chi connectivity index (χ3n) is 2.76. The van der Waals surface area contributed by atoms with Gasteiger partial charge < -0.3 is 14.8 Å². The number of aliphatic hydroxyl groups is 1. The molecule has 0 aliphatic heterocycles. The first-order valence-electron chi connectivity index (χ1n) is 6.45. The minimum atomic E-state index is -0.589. The highest BCUT2D eigenvalue weighted by atomic mass is 16.6. The molecule has 1 aromatic heterocycles. The molecule has 1 amide bonds. The van der Waals surface area contributed by atoms with Crippen molar-refractivity contribution in [2.75, 3.05) is 18.5 Å². The van der Waals surface area contributed by atoms with E-state index >= 15 is 0 Å². The van der Waals surface area contributed by atoms with Crippen molar-refractivity contribution in [3.8, 4) is 0 Å². The quantitative estimate of drug-likeness (QED) is 0.804. The van der Waals surface area contributed by atoms with E-state index in [2.05, 4.69) is 36.1 Å². The highest BCUT2D eigenvalue weighted by Crippen LogP contribution is 2.24. The Kier molecular flexibility index (Phi) is 3.94. The lowest BCUT2D eigenvalue weighted by molar-refractivity contribution is 0.131. The Morgan fingerprint density at radius 1 is 1.45 bits per heavy atom. The van der Waals surface area contributed by atoms with Crippen molar-refractivity contribution in [1.82, 2.24) is 9.97 Å². The van der Waals surface area contributed by atoms with Gasteiger partial charge >= 0.3 is 6.09 Å². The van der Waals surface area contributed by atoms with Crippen molar-refractivity contribution in [3.63, 3.8) is 0 Å². The van der Waals surface area contributed by atoms with Crippen LogP contribution >= 0.6 is 0 Å². The van der Waals surface area contributed by atoms with Crippen LogP contribution in [0.5, 0.6) is 0 Å². The molecular weight excluding hydrogens is 258 g/mol. The monoisotopic (exact) mass is 277 g/mol. The van der Waals surface area contributed by atoms with E-state index in [9.17, 15) is 4.79 Å². The average molecular weight is 277 g/mol. The first kappa shape index (κ1) is 14.3. The smallest absolute Gasteiger partial charge is 0.411 e. The number of carbonyl (C=O) groups is 1. The first-order valence-corrected chi connectivity index (χ1v) is 6.45. The Bertz CT molecular complexity index is 614. The molecular formula is C14H19N3O3. The molecule has 0 spiro atoms. The van der Waals surface area contributed by atoms with E-state index < -0.39 is 6.09 Å². The molecule has 2 aromatic rings. The molecule has 0 saturated heterocycles. The van der Waals surface area contributed by atoms with Crippen molar-refractivity contribution < 1.29 is 14.6 Å². The van der Waals surface area contributed by atoms with E-state index in [0.717, 1.165) is 16.9 Å². The van der Waals surface area contributed by atoms with Gasteiger partial charge in [-0.05, 0) is 18.2 Å². The van der Waals surface area contributed by atoms with Gasteiger partial charge in [0.2, 0.25) is 0 Å². The summed E-state index contributed by atoms with van der Waals surface area (Å²) in [6, 6.07) is 5.40. The van der Waals surface area contributed by atoms with Crippen LogP contribution < -0.4 is 5.32 Å². The summed E-state index contributed by atoms with van der Waals surface area (Å²) in [6.07, 6.45) is -0.589. The molecule has 1 heterocycles. The zero-order valence-electron chi connectivity index (χ0n) is 11.9. The zero-order valence-corrected chi connectivity index (χ0v) is 11.9. The number of anilines is 1. The molecule has 0 fully saturated rings. The van der Waals surface area contributed by atoms with Crippen LogP contribution in [0.2, 0.25) is 0 Å². The summed E-state index contributed by atoms with van der Waals surface area (Å²) in [4.78, 5) is 19.2. The van der Waals surface area contributed by atoms with Crippen LogP contribution in [-0.4, -0.2) is 34.4 Å². The van der Waals surface area contributed by atoms with E-state index in [1.807, 2.05) is 6.07 Å². The number of H-pyrrole nitrogens is 1. The number of rotatable bonds is 3. The number of aromatic amines is 1. The number of nitrogens with zero attached hydrogens (tertiary/aromatic N) is 1. The van der Waals surface area contributed by atoms with Gasteiger partial charge in [0.05, 0.1) is 17.6 Å². The minimum Gasteiger partial charge on any atom is -0.447 e. The summed E-state index contributed by atoms with van der Waals surface area (Å²) in [5.41, 5.74) is 2.26. The standard InChI is InChI=1S/C14H19N3O3/c1-14(2,3)12-16-10-5-4-9(8-11(10)17-12)15-13(19)20-7-6-18/h4-5,8,18H,6-7H2,1-3H3,(H,15,19)(H,16,17). The number of imidazole rings is 1. The van der Waals surface area contributed by atoms with Crippen molar-refractivity contribution in [2.45, 2.75) is 26.2 Å². The van der Waals surface area contributed by atoms with Gasteiger partial charge in [-0.1, -0.05) is 20.8 Å². The molecule has 1 aromatic carbocycles. The van der Waals surface area contributed by atoms with E-state index in [0.29, 0.717) is 5.69 Å². The fourth-order valence-electron chi connectivity index (χ4n) is 1.73. The summed E-state index contributed by atoms with van der Waals surface area (Å²) in [5, 5.41) is 11.2. The molecule has 6 heteroatoms. The Balaban J connectivity index is 2.19. The normalized spacial score (nSPS) is 11.6. The Hall–Kier alpha value is -2.08. The van der Waals surface area contributed by atoms with Gasteiger partial charge in [-0.25, -0.2) is 9.78 Å². The number of benzene rings is 1. The van der Waals surface area contributed by atoms with Crippen LogP contribution in [-0.2, 0) is 10.2 Å². The van der Waals surface area contributed by atoms with Gasteiger partial charge in [-0.2, -0.15) is 0 Å².